The Morgan fingerprint density at radius 1 is 1.40 bits per heavy atom. The highest BCUT2D eigenvalue weighted by atomic mass is 35.5. The van der Waals surface area contributed by atoms with Crippen LogP contribution in [0.4, 0.5) is 5.69 Å². The summed E-state index contributed by atoms with van der Waals surface area (Å²) >= 11 is 11.7. The van der Waals surface area contributed by atoms with Crippen LogP contribution >= 0.6 is 23.2 Å². The number of azide groups is 1. The van der Waals surface area contributed by atoms with E-state index >= 15 is 0 Å². The Kier molecular flexibility index (Phi) is 4.31. The smallest absolute Gasteiger partial charge is 0.0642 e. The van der Waals surface area contributed by atoms with Crippen molar-refractivity contribution in [3.8, 4) is 0 Å². The van der Waals surface area contributed by atoms with Gasteiger partial charge in [-0.25, -0.2) is 0 Å². The second kappa shape index (κ2) is 5.51. The first-order valence-electron chi connectivity index (χ1n) is 4.07. The van der Waals surface area contributed by atoms with Crippen LogP contribution < -0.4 is 5.73 Å². The van der Waals surface area contributed by atoms with E-state index in [0.29, 0.717) is 15.7 Å². The zero-order valence-corrected chi connectivity index (χ0v) is 9.20. The van der Waals surface area contributed by atoms with E-state index in [9.17, 15) is 0 Å². The van der Waals surface area contributed by atoms with Gasteiger partial charge in [-0.3, -0.25) is 0 Å². The van der Waals surface area contributed by atoms with Gasteiger partial charge in [-0.1, -0.05) is 40.5 Å². The van der Waals surface area contributed by atoms with Crippen molar-refractivity contribution in [2.24, 2.45) is 5.11 Å². The molecule has 0 spiro atoms. The third-order valence-electron chi connectivity index (χ3n) is 1.66. The minimum atomic E-state index is 0.273. The summed E-state index contributed by atoms with van der Waals surface area (Å²) in [5.41, 5.74) is 14.8. The van der Waals surface area contributed by atoms with Crippen molar-refractivity contribution in [3.63, 3.8) is 0 Å². The van der Waals surface area contributed by atoms with Crippen LogP contribution in [-0.4, -0.2) is 6.54 Å². The molecule has 1 aromatic carbocycles. The van der Waals surface area contributed by atoms with Crippen molar-refractivity contribution in [3.05, 3.63) is 44.3 Å². The molecule has 1 rings (SSSR count). The van der Waals surface area contributed by atoms with Crippen LogP contribution in [0.15, 0.2) is 23.3 Å². The highest BCUT2D eigenvalue weighted by Crippen LogP contribution is 2.27. The van der Waals surface area contributed by atoms with Crippen LogP contribution in [0.2, 0.25) is 10.0 Å². The topological polar surface area (TPSA) is 74.8 Å². The summed E-state index contributed by atoms with van der Waals surface area (Å²) in [5.74, 6) is 0. The van der Waals surface area contributed by atoms with E-state index in [-0.39, 0.29) is 6.54 Å². The molecular weight excluding hydrogens is 235 g/mol. The standard InChI is InChI=1S/C9H8Cl2N4/c10-7-5-9(12)8(11)4-6(7)2-1-3-14-15-13/h1-2,4-5H,3,12H2. The van der Waals surface area contributed by atoms with Gasteiger partial charge in [-0.2, -0.15) is 0 Å². The van der Waals surface area contributed by atoms with E-state index in [1.807, 2.05) is 0 Å². The number of nitrogen functional groups attached to an aromatic ring is 1. The molecule has 0 fully saturated rings. The quantitative estimate of drug-likeness (QED) is 0.371. The molecule has 0 bridgehead atoms. The summed E-state index contributed by atoms with van der Waals surface area (Å²) in [6.45, 7) is 0.273. The zero-order valence-electron chi connectivity index (χ0n) is 7.69. The van der Waals surface area contributed by atoms with Crippen molar-refractivity contribution in [1.82, 2.24) is 0 Å². The van der Waals surface area contributed by atoms with Crippen molar-refractivity contribution < 1.29 is 0 Å². The summed E-state index contributed by atoms with van der Waals surface area (Å²) in [6, 6.07) is 3.24. The molecule has 0 atom stereocenters. The molecule has 2 N–H and O–H groups in total. The molecule has 6 heteroatoms. The molecule has 0 aliphatic rings. The average Bonchev–Trinajstić information content (AvgIpc) is 2.20. The number of nitrogens with zero attached hydrogens (tertiary/aromatic N) is 3. The summed E-state index contributed by atoms with van der Waals surface area (Å²) in [5, 5.41) is 4.30. The molecule has 1 aromatic rings. The molecule has 0 saturated carbocycles. The van der Waals surface area contributed by atoms with Gasteiger partial charge in [0.15, 0.2) is 0 Å². The fourth-order valence-corrected chi connectivity index (χ4v) is 1.38. The molecule has 78 valence electrons. The van der Waals surface area contributed by atoms with Gasteiger partial charge in [0.25, 0.3) is 0 Å². The first-order chi connectivity index (χ1) is 7.15. The first-order valence-corrected chi connectivity index (χ1v) is 4.82. The largest absolute Gasteiger partial charge is 0.397 e. The molecule has 0 unspecified atom stereocenters. The number of benzene rings is 1. The Morgan fingerprint density at radius 3 is 2.80 bits per heavy atom. The Bertz CT molecular complexity index is 436. The van der Waals surface area contributed by atoms with Crippen molar-refractivity contribution in [2.75, 3.05) is 12.3 Å². The fraction of sp³-hybridized carbons (Fsp3) is 0.111. The number of hydrogen-bond donors (Lipinski definition) is 1. The van der Waals surface area contributed by atoms with Crippen molar-refractivity contribution >= 4 is 35.0 Å². The van der Waals surface area contributed by atoms with Gasteiger partial charge in [0.2, 0.25) is 0 Å². The minimum absolute atomic E-state index is 0.273. The Balaban J connectivity index is 2.90. The summed E-state index contributed by atoms with van der Waals surface area (Å²) in [7, 11) is 0. The molecule has 0 aliphatic carbocycles. The Labute approximate surface area is 96.9 Å². The lowest BCUT2D eigenvalue weighted by Crippen LogP contribution is -1.87. The van der Waals surface area contributed by atoms with E-state index in [1.165, 1.54) is 0 Å². The van der Waals surface area contributed by atoms with E-state index in [0.717, 1.165) is 5.56 Å². The lowest BCUT2D eigenvalue weighted by atomic mass is 10.2. The van der Waals surface area contributed by atoms with Crippen LogP contribution in [0.3, 0.4) is 0 Å². The van der Waals surface area contributed by atoms with Crippen LogP contribution in [0.5, 0.6) is 0 Å². The second-order valence-corrected chi connectivity index (χ2v) is 3.53. The molecule has 0 heterocycles. The predicted molar refractivity (Wildman–Crippen MR) is 63.9 cm³/mol. The SMILES string of the molecule is [N-]=[N+]=NCC=Cc1cc(Cl)c(N)cc1Cl. The van der Waals surface area contributed by atoms with Crippen LogP contribution in [0, 0.1) is 0 Å². The van der Waals surface area contributed by atoms with Crippen LogP contribution in [-0.2, 0) is 0 Å². The number of rotatable bonds is 3. The molecule has 0 aromatic heterocycles. The summed E-state index contributed by atoms with van der Waals surface area (Å²) in [6.07, 6.45) is 3.41. The maximum Gasteiger partial charge on any atom is 0.0642 e. The van der Waals surface area contributed by atoms with Crippen LogP contribution in [0.1, 0.15) is 5.56 Å². The van der Waals surface area contributed by atoms with Gasteiger partial charge in [-0.15, -0.1) is 0 Å². The molecule has 0 saturated heterocycles. The van der Waals surface area contributed by atoms with Gasteiger partial charge < -0.3 is 5.73 Å². The van der Waals surface area contributed by atoms with E-state index < -0.39 is 0 Å². The van der Waals surface area contributed by atoms with Gasteiger partial charge in [0.05, 0.1) is 10.7 Å². The highest BCUT2D eigenvalue weighted by Gasteiger charge is 2.01. The first kappa shape index (κ1) is 11.7. The normalized spacial score (nSPS) is 10.3. The number of anilines is 1. The lowest BCUT2D eigenvalue weighted by molar-refractivity contribution is 1.22. The number of halogens is 2. The molecule has 0 amide bonds. The molecular formula is C9H8Cl2N4. The van der Waals surface area contributed by atoms with Gasteiger partial charge >= 0.3 is 0 Å². The number of hydrogen-bond acceptors (Lipinski definition) is 2. The van der Waals surface area contributed by atoms with Crippen molar-refractivity contribution in [1.29, 1.82) is 0 Å². The van der Waals surface area contributed by atoms with Gasteiger partial charge in [-0.05, 0) is 23.2 Å². The van der Waals surface area contributed by atoms with Gasteiger partial charge in [0, 0.05) is 16.5 Å². The third-order valence-corrected chi connectivity index (χ3v) is 2.32. The second-order valence-electron chi connectivity index (χ2n) is 2.71. The monoisotopic (exact) mass is 242 g/mol. The average molecular weight is 243 g/mol. The fourth-order valence-electron chi connectivity index (χ4n) is 0.969. The van der Waals surface area contributed by atoms with Crippen LogP contribution in [0.25, 0.3) is 16.5 Å². The minimum Gasteiger partial charge on any atom is -0.397 e. The maximum absolute atomic E-state index is 8.06. The van der Waals surface area contributed by atoms with E-state index in [1.54, 1.807) is 24.3 Å². The molecule has 15 heavy (non-hydrogen) atoms. The van der Waals surface area contributed by atoms with E-state index in [4.69, 9.17) is 34.5 Å². The molecule has 4 nitrogen and oxygen atoms in total. The van der Waals surface area contributed by atoms with E-state index in [2.05, 4.69) is 10.0 Å². The Morgan fingerprint density at radius 2 is 2.13 bits per heavy atom. The number of nitrogens with two attached hydrogens (primary N) is 1. The summed E-state index contributed by atoms with van der Waals surface area (Å²) < 4.78 is 0. The predicted octanol–water partition coefficient (Wildman–Crippen LogP) is 3.90. The summed E-state index contributed by atoms with van der Waals surface area (Å²) in [4.78, 5) is 2.62. The lowest BCUT2D eigenvalue weighted by Gasteiger charge is -2.02. The third kappa shape index (κ3) is 3.36. The molecule has 0 radical (unpaired) electrons. The maximum atomic E-state index is 8.06. The highest BCUT2D eigenvalue weighted by molar-refractivity contribution is 6.36. The zero-order chi connectivity index (χ0) is 11.3. The van der Waals surface area contributed by atoms with Crippen molar-refractivity contribution in [2.45, 2.75) is 0 Å². The Hall–Kier alpha value is -1.35. The van der Waals surface area contributed by atoms with Gasteiger partial charge in [0.1, 0.15) is 0 Å². The molecule has 0 aliphatic heterocycles.